The molecule has 4 nitrogen and oxygen atoms in total. The molecule has 1 heterocycles. The van der Waals surface area contributed by atoms with E-state index in [2.05, 4.69) is 47.5 Å². The normalized spacial score (nSPS) is 22.9. The molecule has 0 unspecified atom stereocenters. The number of carbonyl (C=O) groups excluding carboxylic acids is 1. The number of fused-ring (bicyclic) bond motifs is 1. The summed E-state index contributed by atoms with van der Waals surface area (Å²) >= 11 is 0. The van der Waals surface area contributed by atoms with Gasteiger partial charge in [0.1, 0.15) is 0 Å². The zero-order valence-electron chi connectivity index (χ0n) is 16.0. The Hall–Kier alpha value is -2.17. The summed E-state index contributed by atoms with van der Waals surface area (Å²) in [7, 11) is 0. The maximum absolute atomic E-state index is 13.2. The third kappa shape index (κ3) is 3.92. The lowest BCUT2D eigenvalue weighted by molar-refractivity contribution is -0.121. The molecule has 1 saturated heterocycles. The fourth-order valence-electron chi connectivity index (χ4n) is 4.31. The second kappa shape index (κ2) is 7.83. The van der Waals surface area contributed by atoms with Gasteiger partial charge in [0.05, 0.1) is 18.6 Å². The van der Waals surface area contributed by atoms with Crippen LogP contribution in [0.15, 0.2) is 48.5 Å². The number of nitrogens with one attached hydrogen (secondary N) is 1. The maximum atomic E-state index is 13.2. The van der Waals surface area contributed by atoms with Crippen LogP contribution < -0.4 is 5.32 Å². The molecular weight excluding hydrogens is 336 g/mol. The first kappa shape index (κ1) is 18.2. The lowest BCUT2D eigenvalue weighted by Gasteiger charge is -2.34. The Balaban J connectivity index is 1.49. The van der Waals surface area contributed by atoms with Crippen molar-refractivity contribution >= 4 is 11.6 Å². The van der Waals surface area contributed by atoms with Crippen LogP contribution in [0.4, 0.5) is 5.69 Å². The largest absolute Gasteiger partial charge is 0.379 e. The summed E-state index contributed by atoms with van der Waals surface area (Å²) < 4.78 is 5.42. The van der Waals surface area contributed by atoms with E-state index < -0.39 is 5.41 Å². The Morgan fingerprint density at radius 3 is 2.81 bits per heavy atom. The topological polar surface area (TPSA) is 41.6 Å². The predicted molar refractivity (Wildman–Crippen MR) is 108 cm³/mol. The highest BCUT2D eigenvalue weighted by atomic mass is 16.5. The Labute approximate surface area is 161 Å². The van der Waals surface area contributed by atoms with Crippen LogP contribution in [-0.4, -0.2) is 37.1 Å². The van der Waals surface area contributed by atoms with Crippen molar-refractivity contribution in [3.05, 3.63) is 65.2 Å². The minimum Gasteiger partial charge on any atom is -0.379 e. The average molecular weight is 364 g/mol. The van der Waals surface area contributed by atoms with Crippen LogP contribution in [0.25, 0.3) is 0 Å². The zero-order chi connectivity index (χ0) is 18.7. The van der Waals surface area contributed by atoms with E-state index in [1.807, 2.05) is 18.2 Å². The van der Waals surface area contributed by atoms with Crippen molar-refractivity contribution in [2.45, 2.75) is 38.1 Å². The van der Waals surface area contributed by atoms with E-state index in [1.165, 1.54) is 16.7 Å². The Morgan fingerprint density at radius 2 is 1.96 bits per heavy atom. The molecule has 27 heavy (non-hydrogen) atoms. The van der Waals surface area contributed by atoms with Crippen LogP contribution in [-0.2, 0) is 27.9 Å². The number of anilines is 1. The fraction of sp³-hybridized carbons (Fsp3) is 0.435. The third-order valence-corrected chi connectivity index (χ3v) is 5.93. The summed E-state index contributed by atoms with van der Waals surface area (Å²) in [6.45, 7) is 6.50. The minimum atomic E-state index is -0.463. The van der Waals surface area contributed by atoms with Gasteiger partial charge in [-0.15, -0.1) is 0 Å². The van der Waals surface area contributed by atoms with Gasteiger partial charge in [-0.3, -0.25) is 9.69 Å². The highest BCUT2D eigenvalue weighted by Crippen LogP contribution is 2.38. The first-order valence-electron chi connectivity index (χ1n) is 9.94. The van der Waals surface area contributed by atoms with Crippen molar-refractivity contribution in [2.24, 2.45) is 0 Å². The molecule has 0 saturated carbocycles. The van der Waals surface area contributed by atoms with Crippen LogP contribution in [0, 0.1) is 0 Å². The molecule has 2 aromatic carbocycles. The molecule has 2 aliphatic rings. The fourth-order valence-corrected chi connectivity index (χ4v) is 4.31. The lowest BCUT2D eigenvalue weighted by atomic mass is 9.70. The molecule has 0 radical (unpaired) electrons. The molecule has 0 spiro atoms. The maximum Gasteiger partial charge on any atom is 0.234 e. The van der Waals surface area contributed by atoms with Gasteiger partial charge in [-0.05, 0) is 55.0 Å². The Morgan fingerprint density at radius 1 is 1.15 bits per heavy atom. The monoisotopic (exact) mass is 364 g/mol. The number of nitrogens with zero attached hydrogens (tertiary/aromatic N) is 1. The van der Waals surface area contributed by atoms with E-state index in [0.717, 1.165) is 57.8 Å². The first-order chi connectivity index (χ1) is 13.1. The standard InChI is InChI=1S/C23H28N2O2/c1-23(11-5-8-19-7-2-3-10-21(19)23)22(26)24-20-9-4-6-18(16-20)17-25-12-14-27-15-13-25/h2-4,6-7,9-10,16H,5,8,11-15,17H2,1H3,(H,24,26)/t23-/m1/s1. The number of ether oxygens (including phenoxy) is 1. The van der Waals surface area contributed by atoms with E-state index in [-0.39, 0.29) is 5.91 Å². The van der Waals surface area contributed by atoms with Crippen LogP contribution >= 0.6 is 0 Å². The molecule has 4 heteroatoms. The highest BCUT2D eigenvalue weighted by Gasteiger charge is 2.38. The van der Waals surface area contributed by atoms with Crippen molar-refractivity contribution in [1.29, 1.82) is 0 Å². The molecule has 1 fully saturated rings. The first-order valence-corrected chi connectivity index (χ1v) is 9.94. The molecule has 1 aliphatic carbocycles. The summed E-state index contributed by atoms with van der Waals surface area (Å²) in [5.41, 5.74) is 4.13. The second-order valence-electron chi connectivity index (χ2n) is 7.89. The molecule has 1 amide bonds. The van der Waals surface area contributed by atoms with Gasteiger partial charge in [0.2, 0.25) is 5.91 Å². The third-order valence-electron chi connectivity index (χ3n) is 5.93. The van der Waals surface area contributed by atoms with Crippen molar-refractivity contribution in [3.63, 3.8) is 0 Å². The van der Waals surface area contributed by atoms with Crippen LogP contribution in [0.2, 0.25) is 0 Å². The lowest BCUT2D eigenvalue weighted by Crippen LogP contribution is -2.40. The van der Waals surface area contributed by atoms with Gasteiger partial charge < -0.3 is 10.1 Å². The van der Waals surface area contributed by atoms with E-state index in [9.17, 15) is 4.79 Å². The number of rotatable bonds is 4. The number of hydrogen-bond acceptors (Lipinski definition) is 3. The molecule has 2 aromatic rings. The molecular formula is C23H28N2O2. The van der Waals surface area contributed by atoms with E-state index >= 15 is 0 Å². The van der Waals surface area contributed by atoms with Crippen molar-refractivity contribution in [1.82, 2.24) is 4.90 Å². The summed E-state index contributed by atoms with van der Waals surface area (Å²) in [4.78, 5) is 15.6. The molecule has 1 atom stereocenters. The number of benzene rings is 2. The number of carbonyl (C=O) groups is 1. The van der Waals surface area contributed by atoms with Gasteiger partial charge in [0, 0.05) is 25.3 Å². The van der Waals surface area contributed by atoms with Gasteiger partial charge in [0.15, 0.2) is 0 Å². The van der Waals surface area contributed by atoms with Crippen LogP contribution in [0.5, 0.6) is 0 Å². The van der Waals surface area contributed by atoms with E-state index in [0.29, 0.717) is 0 Å². The molecule has 4 rings (SSSR count). The SMILES string of the molecule is C[C@@]1(C(=O)Nc2cccc(CN3CCOCC3)c2)CCCc2ccccc21. The Bertz CT molecular complexity index is 814. The summed E-state index contributed by atoms with van der Waals surface area (Å²) in [6, 6.07) is 16.6. The van der Waals surface area contributed by atoms with Crippen molar-refractivity contribution in [2.75, 3.05) is 31.6 Å². The highest BCUT2D eigenvalue weighted by molar-refractivity contribution is 5.99. The molecule has 0 aromatic heterocycles. The number of hydrogen-bond donors (Lipinski definition) is 1. The van der Waals surface area contributed by atoms with E-state index in [1.54, 1.807) is 0 Å². The van der Waals surface area contributed by atoms with Crippen LogP contribution in [0.3, 0.4) is 0 Å². The smallest absolute Gasteiger partial charge is 0.234 e. The average Bonchev–Trinajstić information content (AvgIpc) is 2.69. The minimum absolute atomic E-state index is 0.0955. The number of amides is 1. The van der Waals surface area contributed by atoms with Gasteiger partial charge in [-0.2, -0.15) is 0 Å². The predicted octanol–water partition coefficient (Wildman–Crippen LogP) is 3.75. The van der Waals surface area contributed by atoms with E-state index in [4.69, 9.17) is 4.74 Å². The molecule has 0 bridgehead atoms. The summed E-state index contributed by atoms with van der Waals surface area (Å²) in [5, 5.41) is 3.19. The van der Waals surface area contributed by atoms with Gasteiger partial charge in [-0.1, -0.05) is 36.4 Å². The summed E-state index contributed by atoms with van der Waals surface area (Å²) in [5.74, 6) is 0.0955. The van der Waals surface area contributed by atoms with Crippen molar-refractivity contribution in [3.8, 4) is 0 Å². The quantitative estimate of drug-likeness (QED) is 0.898. The molecule has 142 valence electrons. The Kier molecular flexibility index (Phi) is 5.28. The number of morpholine rings is 1. The molecule has 1 N–H and O–H groups in total. The van der Waals surface area contributed by atoms with Crippen LogP contribution in [0.1, 0.15) is 36.5 Å². The summed E-state index contributed by atoms with van der Waals surface area (Å²) in [6.07, 6.45) is 3.01. The van der Waals surface area contributed by atoms with Gasteiger partial charge in [-0.25, -0.2) is 0 Å². The second-order valence-corrected chi connectivity index (χ2v) is 7.89. The van der Waals surface area contributed by atoms with Crippen molar-refractivity contribution < 1.29 is 9.53 Å². The van der Waals surface area contributed by atoms with Gasteiger partial charge >= 0.3 is 0 Å². The molecule has 1 aliphatic heterocycles. The van der Waals surface area contributed by atoms with Gasteiger partial charge in [0.25, 0.3) is 0 Å². The number of aryl methyl sites for hydroxylation is 1. The zero-order valence-corrected chi connectivity index (χ0v) is 16.0.